The highest BCUT2D eigenvalue weighted by Crippen LogP contribution is 2.36. The number of carbonyl (C=O) groups excluding carboxylic acids is 2. The predicted octanol–water partition coefficient (Wildman–Crippen LogP) is 2.85. The van der Waals surface area contributed by atoms with Crippen molar-refractivity contribution in [2.24, 2.45) is 5.92 Å². The first kappa shape index (κ1) is 15.3. The summed E-state index contributed by atoms with van der Waals surface area (Å²) in [5, 5.41) is 0. The Morgan fingerprint density at radius 2 is 2.00 bits per heavy atom. The zero-order chi connectivity index (χ0) is 15.6. The highest BCUT2D eigenvalue weighted by molar-refractivity contribution is 5.79. The Balaban J connectivity index is 2.09. The highest BCUT2D eigenvalue weighted by Gasteiger charge is 2.38. The molecule has 0 heterocycles. The molecule has 0 aliphatic heterocycles. The fourth-order valence-electron chi connectivity index (χ4n) is 2.11. The molecular formula is C14H13F3O4. The number of esters is 1. The molecule has 7 heteroatoms. The number of ether oxygens (including phenoxy) is 2. The normalized spacial score (nSPS) is 21.3. The van der Waals surface area contributed by atoms with E-state index in [9.17, 15) is 22.8 Å². The number of hydrogen-bond acceptors (Lipinski definition) is 4. The van der Waals surface area contributed by atoms with Crippen molar-refractivity contribution in [3.63, 3.8) is 0 Å². The molecular weight excluding hydrogens is 289 g/mol. The first-order valence-corrected chi connectivity index (χ1v) is 6.26. The van der Waals surface area contributed by atoms with Crippen molar-refractivity contribution in [1.29, 1.82) is 0 Å². The summed E-state index contributed by atoms with van der Waals surface area (Å²) in [6, 6.07) is 2.70. The van der Waals surface area contributed by atoms with Gasteiger partial charge in [-0.2, -0.15) is 13.2 Å². The molecule has 0 N–H and O–H groups in total. The Hall–Kier alpha value is -2.05. The third-order valence-corrected chi connectivity index (χ3v) is 3.39. The lowest BCUT2D eigenvalue weighted by Crippen LogP contribution is -2.39. The summed E-state index contributed by atoms with van der Waals surface area (Å²) >= 11 is 0. The summed E-state index contributed by atoms with van der Waals surface area (Å²) in [6.45, 7) is 0. The van der Waals surface area contributed by atoms with Crippen LogP contribution in [0.4, 0.5) is 13.2 Å². The Morgan fingerprint density at radius 3 is 2.52 bits per heavy atom. The summed E-state index contributed by atoms with van der Waals surface area (Å²) in [7, 11) is 1.27. The van der Waals surface area contributed by atoms with E-state index in [1.807, 2.05) is 0 Å². The standard InChI is InChI=1S/C14H13F3O4/c1-20-13(19)9-4-11(5-9)21-12-6-10(14(15,16)17)3-2-8(12)7-18/h2-3,6-7,9,11H,4-5H2,1H3. The second-order valence-corrected chi connectivity index (χ2v) is 4.80. The molecule has 1 aromatic carbocycles. The van der Waals surface area contributed by atoms with Gasteiger partial charge >= 0.3 is 12.1 Å². The summed E-state index contributed by atoms with van der Waals surface area (Å²) in [4.78, 5) is 22.1. The van der Waals surface area contributed by atoms with Crippen LogP contribution in [0.25, 0.3) is 0 Å². The molecule has 0 unspecified atom stereocenters. The molecule has 1 aliphatic carbocycles. The van der Waals surface area contributed by atoms with Crippen LogP contribution in [0.1, 0.15) is 28.8 Å². The average Bonchev–Trinajstić information content (AvgIpc) is 2.40. The first-order valence-electron chi connectivity index (χ1n) is 6.26. The van der Waals surface area contributed by atoms with Crippen molar-refractivity contribution >= 4 is 12.3 Å². The maximum atomic E-state index is 12.6. The smallest absolute Gasteiger partial charge is 0.416 e. The van der Waals surface area contributed by atoms with Gasteiger partial charge in [-0.1, -0.05) is 0 Å². The van der Waals surface area contributed by atoms with Crippen molar-refractivity contribution in [2.75, 3.05) is 7.11 Å². The van der Waals surface area contributed by atoms with Crippen LogP contribution in [0.5, 0.6) is 5.75 Å². The van der Waals surface area contributed by atoms with Crippen molar-refractivity contribution in [3.8, 4) is 5.75 Å². The van der Waals surface area contributed by atoms with Crippen molar-refractivity contribution in [2.45, 2.75) is 25.1 Å². The van der Waals surface area contributed by atoms with E-state index in [0.717, 1.165) is 18.2 Å². The van der Waals surface area contributed by atoms with Crippen LogP contribution in [0.3, 0.4) is 0 Å². The number of carbonyl (C=O) groups is 2. The third-order valence-electron chi connectivity index (χ3n) is 3.39. The number of halogens is 3. The number of aldehydes is 1. The van der Waals surface area contributed by atoms with Crippen molar-refractivity contribution < 1.29 is 32.2 Å². The lowest BCUT2D eigenvalue weighted by Gasteiger charge is -2.33. The molecule has 0 saturated heterocycles. The zero-order valence-electron chi connectivity index (χ0n) is 11.1. The number of benzene rings is 1. The Labute approximate surface area is 118 Å². The fraction of sp³-hybridized carbons (Fsp3) is 0.429. The monoisotopic (exact) mass is 302 g/mol. The van der Waals surface area contributed by atoms with Gasteiger partial charge in [-0.25, -0.2) is 0 Å². The summed E-state index contributed by atoms with van der Waals surface area (Å²) in [5.41, 5.74) is -0.837. The second kappa shape index (κ2) is 5.75. The average molecular weight is 302 g/mol. The van der Waals surface area contributed by atoms with Gasteiger partial charge in [-0.3, -0.25) is 9.59 Å². The SMILES string of the molecule is COC(=O)C1CC(Oc2cc(C(F)(F)F)ccc2C=O)C1. The summed E-state index contributed by atoms with van der Waals surface area (Å²) in [5.74, 6) is -0.784. The van der Waals surface area contributed by atoms with E-state index < -0.39 is 17.8 Å². The maximum Gasteiger partial charge on any atom is 0.416 e. The number of rotatable bonds is 4. The quantitative estimate of drug-likeness (QED) is 0.634. The lowest BCUT2D eigenvalue weighted by molar-refractivity contribution is -0.151. The molecule has 1 aromatic rings. The van der Waals surface area contributed by atoms with E-state index in [1.165, 1.54) is 7.11 Å². The van der Waals surface area contributed by atoms with Gasteiger partial charge < -0.3 is 9.47 Å². The molecule has 1 aliphatic rings. The topological polar surface area (TPSA) is 52.6 Å². The molecule has 1 fully saturated rings. The number of alkyl halides is 3. The summed E-state index contributed by atoms with van der Waals surface area (Å²) in [6.07, 6.45) is -3.74. The Bertz CT molecular complexity index is 548. The van der Waals surface area contributed by atoms with Gasteiger partial charge in [-0.05, 0) is 31.0 Å². The highest BCUT2D eigenvalue weighted by atomic mass is 19.4. The third kappa shape index (κ3) is 3.34. The van der Waals surface area contributed by atoms with Crippen molar-refractivity contribution in [1.82, 2.24) is 0 Å². The molecule has 4 nitrogen and oxygen atoms in total. The van der Waals surface area contributed by atoms with Crippen LogP contribution in [0.15, 0.2) is 18.2 Å². The molecule has 2 rings (SSSR count). The molecule has 0 atom stereocenters. The van der Waals surface area contributed by atoms with Gasteiger partial charge in [0.15, 0.2) is 6.29 Å². The van der Waals surface area contributed by atoms with Crippen LogP contribution in [-0.2, 0) is 15.7 Å². The van der Waals surface area contributed by atoms with E-state index in [2.05, 4.69) is 4.74 Å². The molecule has 1 saturated carbocycles. The number of methoxy groups -OCH3 is 1. The van der Waals surface area contributed by atoms with Gasteiger partial charge in [-0.15, -0.1) is 0 Å². The van der Waals surface area contributed by atoms with Crippen LogP contribution in [-0.4, -0.2) is 25.5 Å². The number of hydrogen-bond donors (Lipinski definition) is 0. The van der Waals surface area contributed by atoms with Crippen LogP contribution in [0.2, 0.25) is 0 Å². The minimum absolute atomic E-state index is 0.0459. The van der Waals surface area contributed by atoms with E-state index >= 15 is 0 Å². The second-order valence-electron chi connectivity index (χ2n) is 4.80. The largest absolute Gasteiger partial charge is 0.490 e. The predicted molar refractivity (Wildman–Crippen MR) is 66.0 cm³/mol. The molecule has 0 spiro atoms. The van der Waals surface area contributed by atoms with Crippen LogP contribution >= 0.6 is 0 Å². The van der Waals surface area contributed by atoms with E-state index in [-0.39, 0.29) is 23.2 Å². The van der Waals surface area contributed by atoms with Crippen LogP contribution in [0, 0.1) is 5.92 Å². The van der Waals surface area contributed by atoms with Gasteiger partial charge in [0.1, 0.15) is 11.9 Å². The fourth-order valence-corrected chi connectivity index (χ4v) is 2.11. The van der Waals surface area contributed by atoms with Gasteiger partial charge in [0.2, 0.25) is 0 Å². The van der Waals surface area contributed by atoms with E-state index in [1.54, 1.807) is 0 Å². The Morgan fingerprint density at radius 1 is 1.33 bits per heavy atom. The van der Waals surface area contributed by atoms with E-state index in [0.29, 0.717) is 19.1 Å². The van der Waals surface area contributed by atoms with E-state index in [4.69, 9.17) is 4.74 Å². The lowest BCUT2D eigenvalue weighted by atomic mass is 9.82. The maximum absolute atomic E-state index is 12.6. The molecule has 0 aromatic heterocycles. The Kier molecular flexibility index (Phi) is 4.20. The summed E-state index contributed by atoms with van der Waals surface area (Å²) < 4.78 is 47.9. The molecule has 0 amide bonds. The molecule has 114 valence electrons. The van der Waals surface area contributed by atoms with Crippen LogP contribution < -0.4 is 4.74 Å². The first-order chi connectivity index (χ1) is 9.85. The molecule has 0 bridgehead atoms. The minimum Gasteiger partial charge on any atom is -0.490 e. The van der Waals surface area contributed by atoms with Gasteiger partial charge in [0.25, 0.3) is 0 Å². The molecule has 21 heavy (non-hydrogen) atoms. The van der Waals surface area contributed by atoms with Gasteiger partial charge in [0.05, 0.1) is 24.2 Å². The van der Waals surface area contributed by atoms with Gasteiger partial charge in [0, 0.05) is 0 Å². The molecule has 0 radical (unpaired) electrons. The zero-order valence-corrected chi connectivity index (χ0v) is 11.1. The minimum atomic E-state index is -4.51. The van der Waals surface area contributed by atoms with Crippen molar-refractivity contribution in [3.05, 3.63) is 29.3 Å².